The van der Waals surface area contributed by atoms with Crippen LogP contribution in [0.4, 0.5) is 0 Å². The Hall–Kier alpha value is -0.120. The molecule has 0 saturated carbocycles. The molecule has 4 heteroatoms. The Morgan fingerprint density at radius 3 is 2.87 bits per heavy atom. The first-order valence-electron chi connectivity index (χ1n) is 5.39. The van der Waals surface area contributed by atoms with E-state index in [-0.39, 0.29) is 0 Å². The number of nitrogens with zero attached hydrogens (tertiary/aromatic N) is 2. The van der Waals surface area contributed by atoms with Crippen molar-refractivity contribution in [3.05, 3.63) is 16.1 Å². The van der Waals surface area contributed by atoms with Crippen LogP contribution in [0.3, 0.4) is 0 Å². The molecule has 1 unspecified atom stereocenters. The van der Waals surface area contributed by atoms with Crippen molar-refractivity contribution in [3.63, 3.8) is 0 Å². The van der Waals surface area contributed by atoms with Crippen LogP contribution in [0.15, 0.2) is 5.38 Å². The second kappa shape index (κ2) is 6.46. The van der Waals surface area contributed by atoms with Crippen LogP contribution >= 0.6 is 22.9 Å². The lowest BCUT2D eigenvalue weighted by atomic mass is 10.2. The lowest BCUT2D eigenvalue weighted by molar-refractivity contribution is 0.257. The van der Waals surface area contributed by atoms with Gasteiger partial charge in [-0.2, -0.15) is 0 Å². The number of thiazole rings is 1. The topological polar surface area (TPSA) is 16.1 Å². The Bertz CT molecular complexity index is 288. The molecule has 2 nitrogen and oxygen atoms in total. The van der Waals surface area contributed by atoms with Gasteiger partial charge in [0, 0.05) is 5.38 Å². The first-order valence-corrected chi connectivity index (χ1v) is 6.81. The lowest BCUT2D eigenvalue weighted by Crippen LogP contribution is -2.23. The minimum atomic E-state index is 0.401. The van der Waals surface area contributed by atoms with Crippen molar-refractivity contribution in [1.82, 2.24) is 9.88 Å². The van der Waals surface area contributed by atoms with Crippen LogP contribution in [0.2, 0.25) is 0 Å². The van der Waals surface area contributed by atoms with Gasteiger partial charge in [-0.3, -0.25) is 4.90 Å². The van der Waals surface area contributed by atoms with Crippen molar-refractivity contribution in [3.8, 4) is 0 Å². The highest BCUT2D eigenvalue weighted by atomic mass is 35.5. The van der Waals surface area contributed by atoms with Gasteiger partial charge in [-0.1, -0.05) is 13.3 Å². The second-order valence-electron chi connectivity index (χ2n) is 3.82. The highest BCUT2D eigenvalue weighted by molar-refractivity contribution is 7.09. The quantitative estimate of drug-likeness (QED) is 0.712. The molecule has 0 saturated heterocycles. The first-order chi connectivity index (χ1) is 7.19. The SMILES string of the molecule is CCCCN(C)C(C)c1nc(CCl)cs1. The van der Waals surface area contributed by atoms with Crippen LogP contribution in [-0.4, -0.2) is 23.5 Å². The molecule has 0 N–H and O–H groups in total. The number of unbranched alkanes of at least 4 members (excludes halogenated alkanes) is 1. The third-order valence-corrected chi connectivity index (χ3v) is 3.93. The van der Waals surface area contributed by atoms with E-state index in [4.69, 9.17) is 11.6 Å². The first kappa shape index (κ1) is 12.9. The zero-order valence-corrected chi connectivity index (χ0v) is 11.2. The predicted molar refractivity (Wildman–Crippen MR) is 67.6 cm³/mol. The number of halogens is 1. The van der Waals surface area contributed by atoms with Crippen LogP contribution in [0, 0.1) is 0 Å². The van der Waals surface area contributed by atoms with Crippen molar-refractivity contribution >= 4 is 22.9 Å². The Balaban J connectivity index is 2.54. The van der Waals surface area contributed by atoms with Crippen LogP contribution in [-0.2, 0) is 5.88 Å². The maximum atomic E-state index is 5.74. The average molecular weight is 247 g/mol. The molecule has 0 aliphatic carbocycles. The molecule has 1 heterocycles. The second-order valence-corrected chi connectivity index (χ2v) is 4.98. The normalized spacial score (nSPS) is 13.4. The summed E-state index contributed by atoms with van der Waals surface area (Å²) in [5.74, 6) is 0.516. The van der Waals surface area contributed by atoms with E-state index < -0.39 is 0 Å². The summed E-state index contributed by atoms with van der Waals surface area (Å²) < 4.78 is 0. The van der Waals surface area contributed by atoms with Crippen molar-refractivity contribution in [1.29, 1.82) is 0 Å². The van der Waals surface area contributed by atoms with Gasteiger partial charge in [0.2, 0.25) is 0 Å². The number of aromatic nitrogens is 1. The molecule has 0 radical (unpaired) electrons. The summed E-state index contributed by atoms with van der Waals surface area (Å²) in [6, 6.07) is 0.401. The number of rotatable bonds is 6. The molecule has 0 aliphatic heterocycles. The summed E-state index contributed by atoms with van der Waals surface area (Å²) in [5.41, 5.74) is 0.993. The summed E-state index contributed by atoms with van der Waals surface area (Å²) in [6.45, 7) is 5.55. The Morgan fingerprint density at radius 2 is 2.33 bits per heavy atom. The Kier molecular flexibility index (Phi) is 5.58. The lowest BCUT2D eigenvalue weighted by Gasteiger charge is -2.22. The number of hydrogen-bond acceptors (Lipinski definition) is 3. The predicted octanol–water partition coefficient (Wildman–Crippen LogP) is 3.67. The molecule has 1 aromatic heterocycles. The molecule has 0 bridgehead atoms. The minimum Gasteiger partial charge on any atom is -0.297 e. The Labute approximate surface area is 101 Å². The molecule has 1 atom stereocenters. The molecular formula is C11H19ClN2S. The van der Waals surface area contributed by atoms with E-state index in [9.17, 15) is 0 Å². The molecule has 0 spiro atoms. The van der Waals surface area contributed by atoms with E-state index in [1.165, 1.54) is 17.8 Å². The molecule has 0 fully saturated rings. The van der Waals surface area contributed by atoms with Gasteiger partial charge in [0.25, 0.3) is 0 Å². The summed E-state index contributed by atoms with van der Waals surface area (Å²) in [7, 11) is 2.15. The molecule has 0 aromatic carbocycles. The standard InChI is InChI=1S/C11H19ClN2S/c1-4-5-6-14(3)9(2)11-13-10(7-12)8-15-11/h8-9H,4-7H2,1-3H3. The molecule has 86 valence electrons. The fraction of sp³-hybridized carbons (Fsp3) is 0.727. The zero-order chi connectivity index (χ0) is 11.3. The van der Waals surface area contributed by atoms with Gasteiger partial charge in [-0.05, 0) is 26.9 Å². The molecule has 15 heavy (non-hydrogen) atoms. The van der Waals surface area contributed by atoms with E-state index in [1.807, 2.05) is 5.38 Å². The minimum absolute atomic E-state index is 0.401. The van der Waals surface area contributed by atoms with Crippen LogP contribution < -0.4 is 0 Å². The Morgan fingerprint density at radius 1 is 1.60 bits per heavy atom. The van der Waals surface area contributed by atoms with Crippen molar-refractivity contribution in [2.45, 2.75) is 38.6 Å². The number of hydrogen-bond donors (Lipinski definition) is 0. The van der Waals surface area contributed by atoms with E-state index in [0.717, 1.165) is 12.2 Å². The third kappa shape index (κ3) is 3.74. The van der Waals surface area contributed by atoms with Crippen LogP contribution in [0.25, 0.3) is 0 Å². The molecular weight excluding hydrogens is 228 g/mol. The molecule has 1 rings (SSSR count). The summed E-state index contributed by atoms with van der Waals surface area (Å²) in [5, 5.41) is 3.22. The van der Waals surface area contributed by atoms with Crippen molar-refractivity contribution in [2.75, 3.05) is 13.6 Å². The fourth-order valence-corrected chi connectivity index (χ4v) is 2.53. The van der Waals surface area contributed by atoms with E-state index >= 15 is 0 Å². The summed E-state index contributed by atoms with van der Waals surface area (Å²) >= 11 is 7.45. The smallest absolute Gasteiger partial charge is 0.110 e. The summed E-state index contributed by atoms with van der Waals surface area (Å²) in [6.07, 6.45) is 2.48. The van der Waals surface area contributed by atoms with E-state index in [0.29, 0.717) is 11.9 Å². The highest BCUT2D eigenvalue weighted by Gasteiger charge is 2.14. The maximum absolute atomic E-state index is 5.74. The summed E-state index contributed by atoms with van der Waals surface area (Å²) in [4.78, 5) is 6.85. The fourth-order valence-electron chi connectivity index (χ4n) is 1.37. The van der Waals surface area contributed by atoms with Crippen LogP contribution in [0.1, 0.15) is 43.4 Å². The monoisotopic (exact) mass is 246 g/mol. The maximum Gasteiger partial charge on any atom is 0.110 e. The molecule has 0 amide bonds. The van der Waals surface area contributed by atoms with Gasteiger partial charge in [0.1, 0.15) is 5.01 Å². The highest BCUT2D eigenvalue weighted by Crippen LogP contribution is 2.23. The third-order valence-electron chi connectivity index (χ3n) is 2.59. The molecule has 0 aliphatic rings. The van der Waals surface area contributed by atoms with E-state index in [2.05, 4.69) is 30.8 Å². The zero-order valence-electron chi connectivity index (χ0n) is 9.66. The number of alkyl halides is 1. The van der Waals surface area contributed by atoms with Gasteiger partial charge in [-0.15, -0.1) is 22.9 Å². The van der Waals surface area contributed by atoms with E-state index in [1.54, 1.807) is 11.3 Å². The van der Waals surface area contributed by atoms with Crippen LogP contribution in [0.5, 0.6) is 0 Å². The van der Waals surface area contributed by atoms with Gasteiger partial charge in [-0.25, -0.2) is 4.98 Å². The van der Waals surface area contributed by atoms with Gasteiger partial charge < -0.3 is 0 Å². The van der Waals surface area contributed by atoms with Crippen molar-refractivity contribution in [2.24, 2.45) is 0 Å². The largest absolute Gasteiger partial charge is 0.297 e. The van der Waals surface area contributed by atoms with Crippen molar-refractivity contribution < 1.29 is 0 Å². The molecule has 1 aromatic rings. The van der Waals surface area contributed by atoms with Gasteiger partial charge in [0.05, 0.1) is 17.6 Å². The van der Waals surface area contributed by atoms with Gasteiger partial charge >= 0.3 is 0 Å². The van der Waals surface area contributed by atoms with Gasteiger partial charge in [0.15, 0.2) is 0 Å². The average Bonchev–Trinajstić information content (AvgIpc) is 2.73.